The molecule has 0 aromatic carbocycles. The molecular weight excluding hydrogens is 192 g/mol. The van der Waals surface area contributed by atoms with Crippen LogP contribution in [0.5, 0.6) is 0 Å². The van der Waals surface area contributed by atoms with Crippen molar-refractivity contribution in [2.24, 2.45) is 5.73 Å². The maximum absolute atomic E-state index is 11.8. The summed E-state index contributed by atoms with van der Waals surface area (Å²) < 4.78 is 5.06. The molecule has 2 aliphatic rings. The lowest BCUT2D eigenvalue weighted by molar-refractivity contribution is -0.152. The highest BCUT2D eigenvalue weighted by molar-refractivity contribution is 5.81. The molecule has 2 atom stereocenters. The molecule has 2 rings (SSSR count). The average Bonchev–Trinajstić information content (AvgIpc) is 2.43. The van der Waals surface area contributed by atoms with Crippen molar-refractivity contribution in [1.82, 2.24) is 4.90 Å². The number of carbonyl (C=O) groups is 1. The maximum Gasteiger partial charge on any atom is 0.326 e. The Morgan fingerprint density at radius 3 is 2.47 bits per heavy atom. The molecule has 2 saturated heterocycles. The van der Waals surface area contributed by atoms with Crippen molar-refractivity contribution in [2.45, 2.75) is 50.2 Å². The van der Waals surface area contributed by atoms with Crippen LogP contribution in [0.3, 0.4) is 0 Å². The van der Waals surface area contributed by atoms with Gasteiger partial charge in [0.2, 0.25) is 0 Å². The highest BCUT2D eigenvalue weighted by atomic mass is 16.5. The Kier molecular flexibility index (Phi) is 2.73. The van der Waals surface area contributed by atoms with Crippen molar-refractivity contribution >= 4 is 5.97 Å². The SMILES string of the molecule is CCOC(=O)C1(N)CC2CCC(C1)N2C. The molecule has 0 saturated carbocycles. The number of hydrogen-bond donors (Lipinski definition) is 1. The summed E-state index contributed by atoms with van der Waals surface area (Å²) in [6.07, 6.45) is 3.83. The summed E-state index contributed by atoms with van der Waals surface area (Å²) in [7, 11) is 2.13. The zero-order valence-corrected chi connectivity index (χ0v) is 9.53. The quantitative estimate of drug-likeness (QED) is 0.677. The Morgan fingerprint density at radius 1 is 1.47 bits per heavy atom. The number of ether oxygens (including phenoxy) is 1. The van der Waals surface area contributed by atoms with Gasteiger partial charge in [-0.1, -0.05) is 0 Å². The van der Waals surface area contributed by atoms with Gasteiger partial charge in [0.1, 0.15) is 5.54 Å². The van der Waals surface area contributed by atoms with Crippen LogP contribution < -0.4 is 5.73 Å². The topological polar surface area (TPSA) is 55.6 Å². The summed E-state index contributed by atoms with van der Waals surface area (Å²) in [5, 5.41) is 0. The van der Waals surface area contributed by atoms with Gasteiger partial charge in [0.15, 0.2) is 0 Å². The molecule has 2 bridgehead atoms. The van der Waals surface area contributed by atoms with Gasteiger partial charge < -0.3 is 15.4 Å². The van der Waals surface area contributed by atoms with Gasteiger partial charge in [0, 0.05) is 12.1 Å². The summed E-state index contributed by atoms with van der Waals surface area (Å²) in [5.74, 6) is -0.213. The van der Waals surface area contributed by atoms with E-state index in [1.807, 2.05) is 6.92 Å². The fraction of sp³-hybridized carbons (Fsp3) is 0.909. The van der Waals surface area contributed by atoms with Crippen LogP contribution in [0.15, 0.2) is 0 Å². The number of rotatable bonds is 2. The molecule has 0 aliphatic carbocycles. The van der Waals surface area contributed by atoms with Gasteiger partial charge in [-0.2, -0.15) is 0 Å². The van der Waals surface area contributed by atoms with E-state index in [-0.39, 0.29) is 5.97 Å². The molecular formula is C11H20N2O2. The van der Waals surface area contributed by atoms with Crippen LogP contribution in [-0.4, -0.2) is 42.1 Å². The number of carbonyl (C=O) groups excluding carboxylic acids is 1. The van der Waals surface area contributed by atoms with E-state index in [0.717, 1.165) is 12.8 Å². The summed E-state index contributed by atoms with van der Waals surface area (Å²) >= 11 is 0. The predicted molar refractivity (Wildman–Crippen MR) is 57.4 cm³/mol. The lowest BCUT2D eigenvalue weighted by Crippen LogP contribution is -2.59. The lowest BCUT2D eigenvalue weighted by atomic mass is 9.84. The Bertz CT molecular complexity index is 253. The molecule has 0 aromatic rings. The van der Waals surface area contributed by atoms with Crippen molar-refractivity contribution in [2.75, 3.05) is 13.7 Å². The molecule has 2 unspecified atom stereocenters. The van der Waals surface area contributed by atoms with E-state index in [0.29, 0.717) is 18.7 Å². The van der Waals surface area contributed by atoms with Gasteiger partial charge in [-0.15, -0.1) is 0 Å². The van der Waals surface area contributed by atoms with Crippen molar-refractivity contribution in [3.8, 4) is 0 Å². The second-order valence-corrected chi connectivity index (χ2v) is 4.84. The Balaban J connectivity index is 2.09. The number of piperidine rings is 1. The molecule has 0 radical (unpaired) electrons. The van der Waals surface area contributed by atoms with Crippen molar-refractivity contribution in [1.29, 1.82) is 0 Å². The average molecular weight is 212 g/mol. The minimum absolute atomic E-state index is 0.213. The van der Waals surface area contributed by atoms with Gasteiger partial charge in [0.25, 0.3) is 0 Å². The minimum atomic E-state index is -0.728. The number of fused-ring (bicyclic) bond motifs is 2. The maximum atomic E-state index is 11.8. The zero-order chi connectivity index (χ0) is 11.1. The predicted octanol–water partition coefficient (Wildman–Crippen LogP) is 0.504. The van der Waals surface area contributed by atoms with Crippen LogP contribution in [0.4, 0.5) is 0 Å². The van der Waals surface area contributed by atoms with E-state index < -0.39 is 5.54 Å². The summed E-state index contributed by atoms with van der Waals surface area (Å²) in [6, 6.07) is 0.941. The summed E-state index contributed by atoms with van der Waals surface area (Å²) in [6.45, 7) is 2.24. The van der Waals surface area contributed by atoms with E-state index >= 15 is 0 Å². The van der Waals surface area contributed by atoms with E-state index in [1.54, 1.807) is 0 Å². The van der Waals surface area contributed by atoms with Gasteiger partial charge in [-0.05, 0) is 39.7 Å². The lowest BCUT2D eigenvalue weighted by Gasteiger charge is -2.41. The summed E-state index contributed by atoms with van der Waals surface area (Å²) in [4.78, 5) is 14.1. The highest BCUT2D eigenvalue weighted by Gasteiger charge is 2.49. The monoisotopic (exact) mass is 212 g/mol. The molecule has 4 heteroatoms. The van der Waals surface area contributed by atoms with Crippen LogP contribution in [-0.2, 0) is 9.53 Å². The second-order valence-electron chi connectivity index (χ2n) is 4.84. The molecule has 2 aliphatic heterocycles. The molecule has 2 N–H and O–H groups in total. The molecule has 2 heterocycles. The normalized spacial score (nSPS) is 40.5. The van der Waals surface area contributed by atoms with Gasteiger partial charge in [-0.3, -0.25) is 4.79 Å². The van der Waals surface area contributed by atoms with Gasteiger partial charge in [0.05, 0.1) is 6.61 Å². The Morgan fingerprint density at radius 2 is 2.00 bits per heavy atom. The number of nitrogens with two attached hydrogens (primary N) is 1. The standard InChI is InChI=1S/C11H20N2O2/c1-3-15-10(14)11(12)6-8-4-5-9(7-11)13(8)2/h8-9H,3-7,12H2,1-2H3. The minimum Gasteiger partial charge on any atom is -0.465 e. The smallest absolute Gasteiger partial charge is 0.326 e. The fourth-order valence-corrected chi connectivity index (χ4v) is 2.95. The number of esters is 1. The zero-order valence-electron chi connectivity index (χ0n) is 9.53. The van der Waals surface area contributed by atoms with E-state index in [2.05, 4.69) is 11.9 Å². The number of hydrogen-bond acceptors (Lipinski definition) is 4. The van der Waals surface area contributed by atoms with E-state index in [1.165, 1.54) is 12.8 Å². The third-order valence-electron chi connectivity index (χ3n) is 3.87. The van der Waals surface area contributed by atoms with Crippen LogP contribution >= 0.6 is 0 Å². The fourth-order valence-electron chi connectivity index (χ4n) is 2.95. The van der Waals surface area contributed by atoms with Gasteiger partial charge >= 0.3 is 5.97 Å². The van der Waals surface area contributed by atoms with Crippen LogP contribution in [0, 0.1) is 0 Å². The molecule has 86 valence electrons. The molecule has 0 aromatic heterocycles. The van der Waals surface area contributed by atoms with Crippen molar-refractivity contribution in [3.05, 3.63) is 0 Å². The molecule has 0 spiro atoms. The first kappa shape index (κ1) is 10.9. The Hall–Kier alpha value is -0.610. The second kappa shape index (κ2) is 3.76. The molecule has 15 heavy (non-hydrogen) atoms. The molecule has 4 nitrogen and oxygen atoms in total. The summed E-state index contributed by atoms with van der Waals surface area (Å²) in [5.41, 5.74) is 5.44. The Labute approximate surface area is 90.8 Å². The van der Waals surface area contributed by atoms with Crippen molar-refractivity contribution in [3.63, 3.8) is 0 Å². The molecule has 2 fully saturated rings. The highest BCUT2D eigenvalue weighted by Crippen LogP contribution is 2.38. The van der Waals surface area contributed by atoms with Crippen LogP contribution in [0.2, 0.25) is 0 Å². The first-order valence-electron chi connectivity index (χ1n) is 5.75. The third-order valence-corrected chi connectivity index (χ3v) is 3.87. The van der Waals surface area contributed by atoms with E-state index in [4.69, 9.17) is 10.5 Å². The van der Waals surface area contributed by atoms with Crippen molar-refractivity contribution < 1.29 is 9.53 Å². The third kappa shape index (κ3) is 1.76. The number of nitrogens with zero attached hydrogens (tertiary/aromatic N) is 1. The van der Waals surface area contributed by atoms with Crippen LogP contribution in [0.1, 0.15) is 32.6 Å². The first-order chi connectivity index (χ1) is 7.07. The van der Waals surface area contributed by atoms with Gasteiger partial charge in [-0.25, -0.2) is 0 Å². The van der Waals surface area contributed by atoms with Crippen LogP contribution in [0.25, 0.3) is 0 Å². The molecule has 0 amide bonds. The first-order valence-corrected chi connectivity index (χ1v) is 5.75. The largest absolute Gasteiger partial charge is 0.465 e. The van der Waals surface area contributed by atoms with E-state index in [9.17, 15) is 4.79 Å².